The lowest BCUT2D eigenvalue weighted by Gasteiger charge is -2.27. The van der Waals surface area contributed by atoms with Crippen molar-refractivity contribution in [2.24, 2.45) is 0 Å². The number of fused-ring (bicyclic) bond motifs is 2. The molecule has 0 unspecified atom stereocenters. The molecule has 2 aromatic rings. The molecule has 6 nitrogen and oxygen atoms in total. The highest BCUT2D eigenvalue weighted by Crippen LogP contribution is 2.30. The van der Waals surface area contributed by atoms with E-state index in [1.165, 1.54) is 0 Å². The fourth-order valence-electron chi connectivity index (χ4n) is 2.56. The minimum Gasteiger partial charge on any atom is -0.443 e. The van der Waals surface area contributed by atoms with Gasteiger partial charge in [-0.1, -0.05) is 17.3 Å². The molecule has 0 fully saturated rings. The first-order valence-corrected chi connectivity index (χ1v) is 7.31. The van der Waals surface area contributed by atoms with E-state index in [1.807, 2.05) is 50.6 Å². The van der Waals surface area contributed by atoms with Gasteiger partial charge in [0.15, 0.2) is 0 Å². The van der Waals surface area contributed by atoms with Crippen molar-refractivity contribution in [2.45, 2.75) is 46.4 Å². The first-order valence-electron chi connectivity index (χ1n) is 7.31. The summed E-state index contributed by atoms with van der Waals surface area (Å²) in [6.45, 7) is 8.64. The molecule has 3 rings (SSSR count). The van der Waals surface area contributed by atoms with Crippen LogP contribution in [0.2, 0.25) is 0 Å². The number of amides is 1. The zero-order valence-electron chi connectivity index (χ0n) is 13.3. The van der Waals surface area contributed by atoms with Crippen LogP contribution in [-0.2, 0) is 17.8 Å². The molecule has 0 saturated heterocycles. The van der Waals surface area contributed by atoms with E-state index >= 15 is 0 Å². The molecule has 2 heterocycles. The van der Waals surface area contributed by atoms with Crippen LogP contribution in [0.3, 0.4) is 0 Å². The summed E-state index contributed by atoms with van der Waals surface area (Å²) in [6.07, 6.45) is 1.34. The van der Waals surface area contributed by atoms with Crippen LogP contribution < -0.4 is 4.90 Å². The Morgan fingerprint density at radius 2 is 2.05 bits per heavy atom. The zero-order valence-corrected chi connectivity index (χ0v) is 13.3. The highest BCUT2D eigenvalue weighted by atomic mass is 16.6. The molecule has 1 aromatic heterocycles. The van der Waals surface area contributed by atoms with Crippen LogP contribution in [0.25, 0.3) is 0 Å². The lowest BCUT2D eigenvalue weighted by atomic mass is 10.1. The topological polar surface area (TPSA) is 60.2 Å². The summed E-state index contributed by atoms with van der Waals surface area (Å²) in [6, 6.07) is 5.94. The number of rotatable bonds is 0. The average Bonchev–Trinajstić information content (AvgIpc) is 2.77. The maximum absolute atomic E-state index is 12.6. The number of hydrogen-bond acceptors (Lipinski definition) is 4. The van der Waals surface area contributed by atoms with Crippen molar-refractivity contribution in [2.75, 3.05) is 4.90 Å². The van der Waals surface area contributed by atoms with E-state index in [1.54, 1.807) is 11.1 Å². The summed E-state index contributed by atoms with van der Waals surface area (Å²) in [7, 11) is 0. The summed E-state index contributed by atoms with van der Waals surface area (Å²) in [5, 5.41) is 8.06. The lowest BCUT2D eigenvalue weighted by molar-refractivity contribution is 0.0577. The molecule has 22 heavy (non-hydrogen) atoms. The predicted octanol–water partition coefficient (Wildman–Crippen LogP) is 2.89. The van der Waals surface area contributed by atoms with Crippen LogP contribution in [0.4, 0.5) is 10.5 Å². The lowest BCUT2D eigenvalue weighted by Crippen LogP contribution is -2.36. The van der Waals surface area contributed by atoms with Gasteiger partial charge in [0.05, 0.1) is 30.7 Å². The van der Waals surface area contributed by atoms with Gasteiger partial charge in [-0.3, -0.25) is 4.90 Å². The molecule has 1 amide bonds. The highest BCUT2D eigenvalue weighted by Gasteiger charge is 2.29. The molecular weight excluding hydrogens is 280 g/mol. The van der Waals surface area contributed by atoms with Crippen LogP contribution in [0.5, 0.6) is 0 Å². The standard InChI is InChI=1S/C16H20N4O2/c1-11-6-5-7-14-13(11)10-20-12(8-17-18-20)9-19(14)15(21)22-16(2,3)4/h5-8H,9-10H2,1-4H3. The van der Waals surface area contributed by atoms with E-state index in [0.717, 1.165) is 22.5 Å². The molecule has 1 aliphatic heterocycles. The van der Waals surface area contributed by atoms with Gasteiger partial charge in [-0.15, -0.1) is 5.10 Å². The second kappa shape index (κ2) is 5.12. The van der Waals surface area contributed by atoms with Gasteiger partial charge in [-0.2, -0.15) is 0 Å². The third kappa shape index (κ3) is 2.68. The van der Waals surface area contributed by atoms with Crippen LogP contribution >= 0.6 is 0 Å². The van der Waals surface area contributed by atoms with Gasteiger partial charge in [0.2, 0.25) is 0 Å². The second-order valence-electron chi connectivity index (χ2n) is 6.52. The van der Waals surface area contributed by atoms with Crippen LogP contribution in [0.1, 0.15) is 37.6 Å². The predicted molar refractivity (Wildman–Crippen MR) is 82.7 cm³/mol. The van der Waals surface area contributed by atoms with Gasteiger partial charge >= 0.3 is 6.09 Å². The van der Waals surface area contributed by atoms with E-state index in [4.69, 9.17) is 4.74 Å². The Morgan fingerprint density at radius 3 is 2.77 bits per heavy atom. The van der Waals surface area contributed by atoms with E-state index in [0.29, 0.717) is 13.1 Å². The highest BCUT2D eigenvalue weighted by molar-refractivity contribution is 5.89. The molecule has 1 aliphatic rings. The molecular formula is C16H20N4O2. The summed E-state index contributed by atoms with van der Waals surface area (Å²) < 4.78 is 7.39. The number of anilines is 1. The Balaban J connectivity index is 2.06. The molecule has 0 bridgehead atoms. The molecule has 0 atom stereocenters. The van der Waals surface area contributed by atoms with Crippen molar-refractivity contribution < 1.29 is 9.53 Å². The number of nitrogens with zero attached hydrogens (tertiary/aromatic N) is 4. The Bertz CT molecular complexity index is 715. The fraction of sp³-hybridized carbons (Fsp3) is 0.438. The number of ether oxygens (including phenoxy) is 1. The third-order valence-corrected chi connectivity index (χ3v) is 3.62. The Kier molecular flexibility index (Phi) is 3.39. The Morgan fingerprint density at radius 1 is 1.27 bits per heavy atom. The SMILES string of the molecule is Cc1cccc2c1Cn1nncc1CN2C(=O)OC(C)(C)C. The monoisotopic (exact) mass is 300 g/mol. The number of aryl methyl sites for hydroxylation is 1. The molecule has 1 aromatic carbocycles. The van der Waals surface area contributed by atoms with E-state index in [9.17, 15) is 4.79 Å². The van der Waals surface area contributed by atoms with Crippen molar-refractivity contribution in [1.82, 2.24) is 15.0 Å². The largest absolute Gasteiger partial charge is 0.443 e. The molecule has 0 radical (unpaired) electrons. The summed E-state index contributed by atoms with van der Waals surface area (Å²) >= 11 is 0. The summed E-state index contributed by atoms with van der Waals surface area (Å²) in [4.78, 5) is 14.3. The number of carbonyl (C=O) groups excluding carboxylic acids is 1. The van der Waals surface area contributed by atoms with Crippen molar-refractivity contribution in [1.29, 1.82) is 0 Å². The Hall–Kier alpha value is -2.37. The maximum Gasteiger partial charge on any atom is 0.415 e. The first-order chi connectivity index (χ1) is 10.3. The van der Waals surface area contributed by atoms with Crippen molar-refractivity contribution in [3.05, 3.63) is 41.2 Å². The zero-order chi connectivity index (χ0) is 15.9. The number of benzene rings is 1. The number of aromatic nitrogens is 3. The molecule has 0 N–H and O–H groups in total. The normalized spacial score (nSPS) is 14.1. The fourth-order valence-corrected chi connectivity index (χ4v) is 2.56. The van der Waals surface area contributed by atoms with Crippen molar-refractivity contribution in [3.8, 4) is 0 Å². The Labute approximate surface area is 129 Å². The van der Waals surface area contributed by atoms with Gasteiger partial charge < -0.3 is 4.74 Å². The second-order valence-corrected chi connectivity index (χ2v) is 6.52. The van der Waals surface area contributed by atoms with E-state index in [2.05, 4.69) is 10.3 Å². The minimum absolute atomic E-state index is 0.353. The number of hydrogen-bond donors (Lipinski definition) is 0. The number of carbonyl (C=O) groups is 1. The van der Waals surface area contributed by atoms with Gasteiger partial charge in [0, 0.05) is 5.56 Å². The van der Waals surface area contributed by atoms with Crippen LogP contribution in [-0.4, -0.2) is 26.7 Å². The smallest absolute Gasteiger partial charge is 0.415 e. The van der Waals surface area contributed by atoms with E-state index < -0.39 is 5.60 Å². The summed E-state index contributed by atoms with van der Waals surface area (Å²) in [5.41, 5.74) is 3.42. The van der Waals surface area contributed by atoms with E-state index in [-0.39, 0.29) is 6.09 Å². The molecule has 0 saturated carbocycles. The maximum atomic E-state index is 12.6. The molecule has 6 heteroatoms. The van der Waals surface area contributed by atoms with Crippen molar-refractivity contribution in [3.63, 3.8) is 0 Å². The van der Waals surface area contributed by atoms with Crippen molar-refractivity contribution >= 4 is 11.8 Å². The summed E-state index contributed by atoms with van der Waals surface area (Å²) in [5.74, 6) is 0. The molecule has 116 valence electrons. The van der Waals surface area contributed by atoms with Gasteiger partial charge in [0.1, 0.15) is 5.60 Å². The molecule has 0 spiro atoms. The van der Waals surface area contributed by atoms with Gasteiger partial charge in [-0.05, 0) is 39.3 Å². The first kappa shape index (κ1) is 14.6. The quantitative estimate of drug-likeness (QED) is 0.750. The molecule has 0 aliphatic carbocycles. The third-order valence-electron chi connectivity index (χ3n) is 3.62. The average molecular weight is 300 g/mol. The van der Waals surface area contributed by atoms with Gasteiger partial charge in [0.25, 0.3) is 0 Å². The van der Waals surface area contributed by atoms with Gasteiger partial charge in [-0.25, -0.2) is 9.48 Å². The minimum atomic E-state index is -0.536. The van der Waals surface area contributed by atoms with Crippen LogP contribution in [0.15, 0.2) is 24.4 Å². The van der Waals surface area contributed by atoms with Crippen LogP contribution in [0, 0.1) is 6.92 Å².